The molecule has 6 heteroatoms. The van der Waals surface area contributed by atoms with E-state index in [0.717, 1.165) is 22.4 Å². The van der Waals surface area contributed by atoms with Crippen molar-refractivity contribution in [1.29, 1.82) is 0 Å². The van der Waals surface area contributed by atoms with Crippen molar-refractivity contribution in [3.8, 4) is 5.75 Å². The summed E-state index contributed by atoms with van der Waals surface area (Å²) in [6, 6.07) is 18.2. The van der Waals surface area contributed by atoms with Crippen LogP contribution in [0.3, 0.4) is 0 Å². The molecule has 1 aromatic heterocycles. The number of carbonyl (C=O) groups excluding carboxylic acids is 2. The zero-order chi connectivity index (χ0) is 23.6. The van der Waals surface area contributed by atoms with Gasteiger partial charge in [0.05, 0.1) is 0 Å². The zero-order valence-corrected chi connectivity index (χ0v) is 19.4. The Morgan fingerprint density at radius 3 is 2.39 bits per heavy atom. The van der Waals surface area contributed by atoms with Gasteiger partial charge in [0.25, 0.3) is 5.91 Å². The van der Waals surface area contributed by atoms with Gasteiger partial charge in [0.2, 0.25) is 5.91 Å². The Bertz CT molecular complexity index is 1050. The lowest BCUT2D eigenvalue weighted by molar-refractivity contribution is -0.123. The van der Waals surface area contributed by atoms with Gasteiger partial charge in [-0.3, -0.25) is 14.6 Å². The Labute approximate surface area is 195 Å². The van der Waals surface area contributed by atoms with Crippen LogP contribution in [0.1, 0.15) is 47.3 Å². The number of aromatic nitrogens is 1. The van der Waals surface area contributed by atoms with Gasteiger partial charge in [-0.2, -0.15) is 0 Å². The van der Waals surface area contributed by atoms with Crippen molar-refractivity contribution >= 4 is 11.8 Å². The molecule has 172 valence electrons. The second kappa shape index (κ2) is 11.8. The lowest BCUT2D eigenvalue weighted by atomic mass is 10.0. The van der Waals surface area contributed by atoms with E-state index < -0.39 is 6.04 Å². The number of benzene rings is 2. The molecule has 0 saturated carbocycles. The molecule has 0 aliphatic heterocycles. The Morgan fingerprint density at radius 1 is 0.970 bits per heavy atom. The SMILES string of the molecule is Cc1ccccc1C(=O)NC(CC(C)C)C(=O)NCc1ccc(OCc2cccnc2)cc1. The molecule has 0 bridgehead atoms. The maximum atomic E-state index is 12.9. The summed E-state index contributed by atoms with van der Waals surface area (Å²) in [5.74, 6) is 0.581. The van der Waals surface area contributed by atoms with Crippen LogP contribution in [0.5, 0.6) is 5.75 Å². The number of ether oxygens (including phenoxy) is 1. The predicted octanol–water partition coefficient (Wildman–Crippen LogP) is 4.43. The number of aryl methyl sites for hydroxylation is 1. The summed E-state index contributed by atoms with van der Waals surface area (Å²) in [6.07, 6.45) is 4.06. The highest BCUT2D eigenvalue weighted by molar-refractivity contribution is 5.98. The van der Waals surface area contributed by atoms with Gasteiger partial charge in [0.15, 0.2) is 0 Å². The summed E-state index contributed by atoms with van der Waals surface area (Å²) in [6.45, 7) is 6.77. The van der Waals surface area contributed by atoms with Crippen molar-refractivity contribution in [3.63, 3.8) is 0 Å². The highest BCUT2D eigenvalue weighted by Crippen LogP contribution is 2.15. The van der Waals surface area contributed by atoms with E-state index in [9.17, 15) is 9.59 Å². The smallest absolute Gasteiger partial charge is 0.252 e. The minimum Gasteiger partial charge on any atom is -0.489 e. The van der Waals surface area contributed by atoms with Crippen LogP contribution >= 0.6 is 0 Å². The summed E-state index contributed by atoms with van der Waals surface area (Å²) in [5, 5.41) is 5.86. The molecule has 1 heterocycles. The molecule has 2 aromatic carbocycles. The first-order chi connectivity index (χ1) is 15.9. The van der Waals surface area contributed by atoms with E-state index in [1.165, 1.54) is 0 Å². The largest absolute Gasteiger partial charge is 0.489 e. The van der Waals surface area contributed by atoms with Gasteiger partial charge >= 0.3 is 0 Å². The molecule has 6 nitrogen and oxygen atoms in total. The van der Waals surface area contributed by atoms with E-state index in [4.69, 9.17) is 4.74 Å². The predicted molar refractivity (Wildman–Crippen MR) is 129 cm³/mol. The van der Waals surface area contributed by atoms with Gasteiger partial charge < -0.3 is 15.4 Å². The number of nitrogens with one attached hydrogen (secondary N) is 2. The maximum Gasteiger partial charge on any atom is 0.252 e. The molecule has 0 spiro atoms. The van der Waals surface area contributed by atoms with Crippen LogP contribution in [-0.2, 0) is 17.9 Å². The Morgan fingerprint density at radius 2 is 1.73 bits per heavy atom. The average molecular weight is 446 g/mol. The van der Waals surface area contributed by atoms with Gasteiger partial charge in [-0.25, -0.2) is 0 Å². The maximum absolute atomic E-state index is 12.9. The van der Waals surface area contributed by atoms with Gasteiger partial charge in [-0.05, 0) is 54.7 Å². The van der Waals surface area contributed by atoms with Crippen LogP contribution in [0, 0.1) is 12.8 Å². The molecule has 0 radical (unpaired) electrons. The molecule has 2 N–H and O–H groups in total. The number of pyridine rings is 1. The molecule has 2 amide bonds. The van der Waals surface area contributed by atoms with E-state index in [1.807, 2.05) is 75.4 Å². The van der Waals surface area contributed by atoms with Crippen LogP contribution in [-0.4, -0.2) is 22.8 Å². The van der Waals surface area contributed by atoms with Crippen LogP contribution in [0.25, 0.3) is 0 Å². The second-order valence-electron chi connectivity index (χ2n) is 8.48. The Balaban J connectivity index is 1.54. The fraction of sp³-hybridized carbons (Fsp3) is 0.296. The van der Waals surface area contributed by atoms with Crippen molar-refractivity contribution in [2.24, 2.45) is 5.92 Å². The van der Waals surface area contributed by atoms with E-state index in [2.05, 4.69) is 15.6 Å². The number of nitrogens with zero attached hydrogens (tertiary/aromatic N) is 1. The summed E-state index contributed by atoms with van der Waals surface area (Å²) in [7, 11) is 0. The molecule has 0 aliphatic carbocycles. The fourth-order valence-electron chi connectivity index (χ4n) is 3.43. The van der Waals surface area contributed by atoms with E-state index >= 15 is 0 Å². The molecule has 1 unspecified atom stereocenters. The highest BCUT2D eigenvalue weighted by atomic mass is 16.5. The molecule has 0 fully saturated rings. The number of rotatable bonds is 10. The number of amides is 2. The van der Waals surface area contributed by atoms with Crippen molar-refractivity contribution in [2.75, 3.05) is 0 Å². The minimum absolute atomic E-state index is 0.192. The van der Waals surface area contributed by atoms with E-state index in [1.54, 1.807) is 18.5 Å². The molecule has 0 aliphatic rings. The van der Waals surface area contributed by atoms with Crippen LogP contribution in [0.4, 0.5) is 0 Å². The molecule has 3 rings (SSSR count). The number of hydrogen-bond donors (Lipinski definition) is 2. The minimum atomic E-state index is -0.598. The Kier molecular flexibility index (Phi) is 8.58. The average Bonchev–Trinajstić information content (AvgIpc) is 2.82. The molecular formula is C27H31N3O3. The topological polar surface area (TPSA) is 80.3 Å². The number of hydrogen-bond acceptors (Lipinski definition) is 4. The van der Waals surface area contributed by atoms with Gasteiger partial charge in [-0.1, -0.05) is 50.2 Å². The third-order valence-electron chi connectivity index (χ3n) is 5.24. The van der Waals surface area contributed by atoms with Crippen molar-refractivity contribution in [3.05, 3.63) is 95.3 Å². The summed E-state index contributed by atoms with van der Waals surface area (Å²) in [5.41, 5.74) is 3.41. The lowest BCUT2D eigenvalue weighted by Crippen LogP contribution is -2.47. The third kappa shape index (κ3) is 7.45. The molecular weight excluding hydrogens is 414 g/mol. The first-order valence-electron chi connectivity index (χ1n) is 11.2. The van der Waals surface area contributed by atoms with Crippen molar-refractivity contribution in [1.82, 2.24) is 15.6 Å². The van der Waals surface area contributed by atoms with Gasteiger partial charge in [0.1, 0.15) is 18.4 Å². The standard InChI is InChI=1S/C27H31N3O3/c1-19(2)15-25(30-26(31)24-9-5-4-7-20(24)3)27(32)29-17-21-10-12-23(13-11-21)33-18-22-8-6-14-28-16-22/h4-14,16,19,25H,15,17-18H2,1-3H3,(H,29,32)(H,30,31). The zero-order valence-electron chi connectivity index (χ0n) is 19.4. The van der Waals surface area contributed by atoms with Crippen molar-refractivity contribution < 1.29 is 14.3 Å². The van der Waals surface area contributed by atoms with Gasteiger partial charge in [-0.15, -0.1) is 0 Å². The quantitative estimate of drug-likeness (QED) is 0.484. The van der Waals surface area contributed by atoms with Crippen LogP contribution in [0.15, 0.2) is 73.1 Å². The third-order valence-corrected chi connectivity index (χ3v) is 5.24. The fourth-order valence-corrected chi connectivity index (χ4v) is 3.43. The lowest BCUT2D eigenvalue weighted by Gasteiger charge is -2.21. The summed E-state index contributed by atoms with van der Waals surface area (Å²) in [4.78, 5) is 29.7. The first-order valence-corrected chi connectivity index (χ1v) is 11.2. The van der Waals surface area contributed by atoms with E-state index in [0.29, 0.717) is 25.1 Å². The molecule has 3 aromatic rings. The van der Waals surface area contributed by atoms with Gasteiger partial charge in [0, 0.05) is 30.1 Å². The normalized spacial score (nSPS) is 11.6. The van der Waals surface area contributed by atoms with Crippen LogP contribution < -0.4 is 15.4 Å². The van der Waals surface area contributed by atoms with Crippen LogP contribution in [0.2, 0.25) is 0 Å². The van der Waals surface area contributed by atoms with E-state index in [-0.39, 0.29) is 17.7 Å². The second-order valence-corrected chi connectivity index (χ2v) is 8.48. The summed E-state index contributed by atoms with van der Waals surface area (Å²) < 4.78 is 5.78. The number of carbonyl (C=O) groups is 2. The Hall–Kier alpha value is -3.67. The first kappa shape index (κ1) is 24.0. The summed E-state index contributed by atoms with van der Waals surface area (Å²) >= 11 is 0. The van der Waals surface area contributed by atoms with Crippen molar-refractivity contribution in [2.45, 2.75) is 46.4 Å². The molecule has 1 atom stereocenters. The monoisotopic (exact) mass is 445 g/mol. The molecule has 33 heavy (non-hydrogen) atoms. The molecule has 0 saturated heterocycles. The highest BCUT2D eigenvalue weighted by Gasteiger charge is 2.23.